The third kappa shape index (κ3) is 3.42. The Morgan fingerprint density at radius 2 is 2.38 bits per heavy atom. The highest BCUT2D eigenvalue weighted by atomic mass is 32.2. The monoisotopic (exact) mass is 316 g/mol. The molecule has 1 atom stereocenters. The van der Waals surface area contributed by atoms with Gasteiger partial charge in [-0.05, 0) is 19.8 Å². The molecule has 9 heteroatoms. The minimum Gasteiger partial charge on any atom is -0.465 e. The first-order valence-electron chi connectivity index (χ1n) is 6.84. The molecule has 0 saturated carbocycles. The summed E-state index contributed by atoms with van der Waals surface area (Å²) in [4.78, 5) is 11.9. The summed E-state index contributed by atoms with van der Waals surface area (Å²) in [5.41, 5.74) is 0.757. The summed E-state index contributed by atoms with van der Waals surface area (Å²) in [5.74, 6) is -0.477. The molecule has 118 valence electrons. The lowest BCUT2D eigenvalue weighted by Crippen LogP contribution is -2.47. The molecule has 0 bridgehead atoms. The van der Waals surface area contributed by atoms with Crippen LogP contribution >= 0.6 is 0 Å². The summed E-state index contributed by atoms with van der Waals surface area (Å²) in [6.45, 7) is 2.48. The first-order chi connectivity index (χ1) is 9.96. The third-order valence-electron chi connectivity index (χ3n) is 3.41. The molecular weight excluding hydrogens is 296 g/mol. The summed E-state index contributed by atoms with van der Waals surface area (Å²) in [7, 11) is -2.21. The number of carbonyl (C=O) groups is 1. The molecule has 1 aliphatic rings. The lowest BCUT2D eigenvalue weighted by atomic mass is 10.2. The highest BCUT2D eigenvalue weighted by Crippen LogP contribution is 2.24. The quantitative estimate of drug-likeness (QED) is 0.752. The van der Waals surface area contributed by atoms with Gasteiger partial charge in [0, 0.05) is 31.9 Å². The SMILES string of the molecule is CCOC(=O)C1CCCN1S(=O)(=O)N(C)Cc1cn[nH]c1. The van der Waals surface area contributed by atoms with Gasteiger partial charge < -0.3 is 4.74 Å². The number of aromatic nitrogens is 2. The van der Waals surface area contributed by atoms with Crippen LogP contribution in [0.5, 0.6) is 0 Å². The standard InChI is InChI=1S/C12H20N4O4S/c1-3-20-12(17)11-5-4-6-16(11)21(18,19)15(2)9-10-7-13-14-8-10/h7-8,11H,3-6,9H2,1-2H3,(H,13,14). The molecule has 0 aromatic carbocycles. The fourth-order valence-corrected chi connectivity index (χ4v) is 3.92. The van der Waals surface area contributed by atoms with Crippen LogP contribution in [0.1, 0.15) is 25.3 Å². The average molecular weight is 316 g/mol. The molecule has 1 N–H and O–H groups in total. The first kappa shape index (κ1) is 15.9. The van der Waals surface area contributed by atoms with Crippen LogP contribution in [0.4, 0.5) is 0 Å². The van der Waals surface area contributed by atoms with E-state index in [1.807, 2.05) is 0 Å². The molecule has 1 fully saturated rings. The number of aromatic amines is 1. The van der Waals surface area contributed by atoms with Crippen molar-refractivity contribution in [3.8, 4) is 0 Å². The average Bonchev–Trinajstić information content (AvgIpc) is 3.09. The van der Waals surface area contributed by atoms with Crippen molar-refractivity contribution in [2.75, 3.05) is 20.2 Å². The van der Waals surface area contributed by atoms with E-state index in [2.05, 4.69) is 10.2 Å². The van der Waals surface area contributed by atoms with E-state index in [0.29, 0.717) is 19.4 Å². The topological polar surface area (TPSA) is 95.6 Å². The maximum atomic E-state index is 12.6. The van der Waals surface area contributed by atoms with Gasteiger partial charge in [-0.3, -0.25) is 9.89 Å². The Morgan fingerprint density at radius 1 is 1.62 bits per heavy atom. The Labute approximate surface area is 124 Å². The Balaban J connectivity index is 2.12. The van der Waals surface area contributed by atoms with Crippen LogP contribution in [0, 0.1) is 0 Å². The second kappa shape index (κ2) is 6.54. The molecule has 0 radical (unpaired) electrons. The van der Waals surface area contributed by atoms with Gasteiger partial charge in [0.15, 0.2) is 0 Å². The number of hydrogen-bond acceptors (Lipinski definition) is 5. The lowest BCUT2D eigenvalue weighted by molar-refractivity contribution is -0.146. The Kier molecular flexibility index (Phi) is 4.96. The minimum absolute atomic E-state index is 0.199. The fraction of sp³-hybridized carbons (Fsp3) is 0.667. The van der Waals surface area contributed by atoms with E-state index in [0.717, 1.165) is 5.56 Å². The third-order valence-corrected chi connectivity index (χ3v) is 5.36. The number of rotatable bonds is 6. The van der Waals surface area contributed by atoms with Gasteiger partial charge in [-0.2, -0.15) is 22.1 Å². The molecule has 0 spiro atoms. The van der Waals surface area contributed by atoms with Gasteiger partial charge >= 0.3 is 5.97 Å². The number of nitrogens with one attached hydrogen (secondary N) is 1. The number of ether oxygens (including phenoxy) is 1. The summed E-state index contributed by atoms with van der Waals surface area (Å²) >= 11 is 0. The molecule has 1 aromatic rings. The van der Waals surface area contributed by atoms with Crippen LogP contribution in [-0.2, 0) is 26.3 Å². The van der Waals surface area contributed by atoms with Crippen LogP contribution < -0.4 is 0 Å². The lowest BCUT2D eigenvalue weighted by Gasteiger charge is -2.27. The number of hydrogen-bond donors (Lipinski definition) is 1. The predicted octanol–water partition coefficient (Wildman–Crippen LogP) is 0.114. The van der Waals surface area contributed by atoms with Gasteiger partial charge in [-0.25, -0.2) is 0 Å². The van der Waals surface area contributed by atoms with E-state index in [1.54, 1.807) is 19.3 Å². The van der Waals surface area contributed by atoms with Gasteiger partial charge in [0.1, 0.15) is 6.04 Å². The van der Waals surface area contributed by atoms with Crippen LogP contribution in [0.2, 0.25) is 0 Å². The van der Waals surface area contributed by atoms with Crippen molar-refractivity contribution >= 4 is 16.2 Å². The smallest absolute Gasteiger partial charge is 0.324 e. The van der Waals surface area contributed by atoms with Gasteiger partial charge in [0.2, 0.25) is 0 Å². The molecule has 8 nitrogen and oxygen atoms in total. The second-order valence-electron chi connectivity index (χ2n) is 4.89. The van der Waals surface area contributed by atoms with Crippen molar-refractivity contribution in [1.29, 1.82) is 0 Å². The van der Waals surface area contributed by atoms with Crippen LogP contribution in [0.25, 0.3) is 0 Å². The normalized spacial score (nSPS) is 20.0. The largest absolute Gasteiger partial charge is 0.465 e. The van der Waals surface area contributed by atoms with Crippen molar-refractivity contribution in [1.82, 2.24) is 18.8 Å². The number of esters is 1. The summed E-state index contributed by atoms with van der Waals surface area (Å²) in [5, 5.41) is 6.43. The number of nitrogens with zero attached hydrogens (tertiary/aromatic N) is 3. The van der Waals surface area contributed by atoms with Gasteiger partial charge in [0.25, 0.3) is 10.2 Å². The molecule has 1 unspecified atom stereocenters. The Bertz CT molecular complexity index is 572. The molecular formula is C12H20N4O4S. The molecule has 2 heterocycles. The first-order valence-corrected chi connectivity index (χ1v) is 8.24. The van der Waals surface area contributed by atoms with Crippen LogP contribution in [0.15, 0.2) is 12.4 Å². The van der Waals surface area contributed by atoms with E-state index in [9.17, 15) is 13.2 Å². The molecule has 21 heavy (non-hydrogen) atoms. The minimum atomic E-state index is -3.70. The van der Waals surface area contributed by atoms with E-state index >= 15 is 0 Å². The van der Waals surface area contributed by atoms with Crippen molar-refractivity contribution < 1.29 is 17.9 Å². The van der Waals surface area contributed by atoms with E-state index in [4.69, 9.17) is 4.74 Å². The maximum Gasteiger partial charge on any atom is 0.324 e. The van der Waals surface area contributed by atoms with Crippen molar-refractivity contribution in [3.63, 3.8) is 0 Å². The van der Waals surface area contributed by atoms with E-state index < -0.39 is 22.2 Å². The molecule has 1 saturated heterocycles. The predicted molar refractivity (Wildman–Crippen MR) is 75.3 cm³/mol. The van der Waals surface area contributed by atoms with Crippen LogP contribution in [0.3, 0.4) is 0 Å². The summed E-state index contributed by atoms with van der Waals surface area (Å²) < 4.78 is 32.6. The van der Waals surface area contributed by atoms with Gasteiger partial charge in [-0.15, -0.1) is 0 Å². The Hall–Kier alpha value is -1.45. The van der Waals surface area contributed by atoms with Crippen LogP contribution in [-0.4, -0.2) is 59.4 Å². The summed E-state index contributed by atoms with van der Waals surface area (Å²) in [6, 6.07) is -0.721. The fourth-order valence-electron chi connectivity index (χ4n) is 2.37. The van der Waals surface area contributed by atoms with Crippen molar-refractivity contribution in [3.05, 3.63) is 18.0 Å². The molecule has 0 aliphatic carbocycles. The maximum absolute atomic E-state index is 12.6. The summed E-state index contributed by atoms with van der Waals surface area (Å²) in [6.07, 6.45) is 4.36. The second-order valence-corrected chi connectivity index (χ2v) is 6.88. The van der Waals surface area contributed by atoms with E-state index in [-0.39, 0.29) is 13.2 Å². The van der Waals surface area contributed by atoms with Crippen molar-refractivity contribution in [2.45, 2.75) is 32.4 Å². The molecule has 1 aliphatic heterocycles. The zero-order valence-corrected chi connectivity index (χ0v) is 13.0. The van der Waals surface area contributed by atoms with Gasteiger partial charge in [0.05, 0.1) is 12.8 Å². The molecule has 0 amide bonds. The molecule has 2 rings (SSSR count). The number of H-pyrrole nitrogens is 1. The molecule has 1 aromatic heterocycles. The highest BCUT2D eigenvalue weighted by molar-refractivity contribution is 7.86. The zero-order valence-electron chi connectivity index (χ0n) is 12.2. The highest BCUT2D eigenvalue weighted by Gasteiger charge is 2.41. The zero-order chi connectivity index (χ0) is 15.5. The van der Waals surface area contributed by atoms with E-state index in [1.165, 1.54) is 15.7 Å². The van der Waals surface area contributed by atoms with Crippen molar-refractivity contribution in [2.24, 2.45) is 0 Å². The van der Waals surface area contributed by atoms with Gasteiger partial charge in [-0.1, -0.05) is 0 Å². The number of carbonyl (C=O) groups excluding carboxylic acids is 1. The Morgan fingerprint density at radius 3 is 3.00 bits per heavy atom.